The largest absolute Gasteiger partial charge is 0.354 e. The van der Waals surface area contributed by atoms with E-state index < -0.39 is 0 Å². The van der Waals surface area contributed by atoms with Gasteiger partial charge >= 0.3 is 0 Å². The van der Waals surface area contributed by atoms with Crippen molar-refractivity contribution in [2.75, 3.05) is 19.6 Å². The van der Waals surface area contributed by atoms with Crippen LogP contribution in [0.15, 0.2) is 0 Å². The van der Waals surface area contributed by atoms with Gasteiger partial charge in [-0.1, -0.05) is 41.5 Å². The van der Waals surface area contributed by atoms with E-state index in [4.69, 9.17) is 0 Å². The summed E-state index contributed by atoms with van der Waals surface area (Å²) in [5.41, 5.74) is 0.0120. The number of amides is 1. The Kier molecular flexibility index (Phi) is 8.06. The minimum absolute atomic E-state index is 0. The molecular weight excluding hydrogens is 224 g/mol. The zero-order valence-corrected chi connectivity index (χ0v) is 12.3. The Balaban J connectivity index is 0. The Labute approximate surface area is 106 Å². The van der Waals surface area contributed by atoms with Crippen molar-refractivity contribution >= 4 is 18.3 Å². The van der Waals surface area contributed by atoms with Crippen LogP contribution in [-0.2, 0) is 4.79 Å². The summed E-state index contributed by atoms with van der Waals surface area (Å²) >= 11 is 0. The van der Waals surface area contributed by atoms with Crippen LogP contribution in [0.3, 0.4) is 0 Å². The highest BCUT2D eigenvalue weighted by molar-refractivity contribution is 5.85. The van der Waals surface area contributed by atoms with Gasteiger partial charge in [-0.05, 0) is 5.41 Å². The SMILES string of the molecule is CC(C)(C)CNCCNC(=O)C(C)(C)C.Cl. The predicted octanol–water partition coefficient (Wildman–Crippen LogP) is 2.21. The Morgan fingerprint density at radius 2 is 1.50 bits per heavy atom. The van der Waals surface area contributed by atoms with Gasteiger partial charge in [-0.2, -0.15) is 0 Å². The summed E-state index contributed by atoms with van der Waals surface area (Å²) in [7, 11) is 0. The fourth-order valence-corrected chi connectivity index (χ4v) is 0.993. The second-order valence-corrected chi connectivity index (χ2v) is 6.24. The third-order valence-electron chi connectivity index (χ3n) is 1.92. The first-order valence-electron chi connectivity index (χ1n) is 5.62. The predicted molar refractivity (Wildman–Crippen MR) is 72.0 cm³/mol. The Morgan fingerprint density at radius 3 is 1.88 bits per heavy atom. The van der Waals surface area contributed by atoms with Crippen LogP contribution < -0.4 is 10.6 Å². The van der Waals surface area contributed by atoms with Crippen LogP contribution in [0.2, 0.25) is 0 Å². The molecule has 0 heterocycles. The number of carbonyl (C=O) groups excluding carboxylic acids is 1. The molecule has 98 valence electrons. The molecule has 0 aromatic rings. The normalized spacial score (nSPS) is 11.9. The van der Waals surface area contributed by atoms with E-state index in [0.717, 1.165) is 13.1 Å². The molecule has 0 saturated heterocycles. The number of nitrogens with one attached hydrogen (secondary N) is 2. The van der Waals surface area contributed by atoms with Gasteiger partial charge in [-0.25, -0.2) is 0 Å². The fourth-order valence-electron chi connectivity index (χ4n) is 0.993. The quantitative estimate of drug-likeness (QED) is 0.752. The van der Waals surface area contributed by atoms with Gasteiger partial charge in [0.25, 0.3) is 0 Å². The molecule has 0 radical (unpaired) electrons. The highest BCUT2D eigenvalue weighted by Gasteiger charge is 2.20. The summed E-state index contributed by atoms with van der Waals surface area (Å²) in [6.07, 6.45) is 0. The standard InChI is InChI=1S/C12H26N2O.ClH/c1-11(2,3)9-13-7-8-14-10(15)12(4,5)6;/h13H,7-9H2,1-6H3,(H,14,15);1H. The molecule has 0 unspecified atom stereocenters. The highest BCUT2D eigenvalue weighted by Crippen LogP contribution is 2.12. The summed E-state index contributed by atoms with van der Waals surface area (Å²) < 4.78 is 0. The lowest BCUT2D eigenvalue weighted by Crippen LogP contribution is -2.40. The number of hydrogen-bond acceptors (Lipinski definition) is 2. The lowest BCUT2D eigenvalue weighted by molar-refractivity contribution is -0.128. The maximum Gasteiger partial charge on any atom is 0.225 e. The lowest BCUT2D eigenvalue weighted by atomic mass is 9.96. The second-order valence-electron chi connectivity index (χ2n) is 6.24. The number of hydrogen-bond donors (Lipinski definition) is 2. The zero-order valence-electron chi connectivity index (χ0n) is 11.4. The maximum atomic E-state index is 11.5. The molecule has 0 rings (SSSR count). The van der Waals surface area contributed by atoms with E-state index >= 15 is 0 Å². The molecule has 2 N–H and O–H groups in total. The van der Waals surface area contributed by atoms with Gasteiger partial charge in [0.1, 0.15) is 0 Å². The van der Waals surface area contributed by atoms with Crippen LogP contribution >= 0.6 is 12.4 Å². The van der Waals surface area contributed by atoms with Crippen LogP contribution in [0.1, 0.15) is 41.5 Å². The van der Waals surface area contributed by atoms with E-state index in [-0.39, 0.29) is 23.7 Å². The monoisotopic (exact) mass is 250 g/mol. The Bertz CT molecular complexity index is 204. The fraction of sp³-hybridized carbons (Fsp3) is 0.917. The van der Waals surface area contributed by atoms with Gasteiger partial charge in [0.15, 0.2) is 0 Å². The summed E-state index contributed by atoms with van der Waals surface area (Å²) in [6, 6.07) is 0. The van der Waals surface area contributed by atoms with E-state index in [0.29, 0.717) is 12.0 Å². The first-order chi connectivity index (χ1) is 6.63. The Morgan fingerprint density at radius 1 is 1.00 bits per heavy atom. The molecular formula is C12H27ClN2O. The maximum absolute atomic E-state index is 11.5. The first-order valence-corrected chi connectivity index (χ1v) is 5.62. The Hall–Kier alpha value is -0.280. The van der Waals surface area contributed by atoms with Crippen LogP contribution in [0.5, 0.6) is 0 Å². The van der Waals surface area contributed by atoms with Crippen molar-refractivity contribution in [2.24, 2.45) is 10.8 Å². The molecule has 4 heteroatoms. The summed E-state index contributed by atoms with van der Waals surface area (Å²) in [5.74, 6) is 0.111. The van der Waals surface area contributed by atoms with Crippen LogP contribution in [0, 0.1) is 10.8 Å². The highest BCUT2D eigenvalue weighted by atomic mass is 35.5. The second kappa shape index (κ2) is 7.13. The van der Waals surface area contributed by atoms with E-state index in [1.807, 2.05) is 20.8 Å². The van der Waals surface area contributed by atoms with Crippen molar-refractivity contribution in [1.82, 2.24) is 10.6 Å². The molecule has 0 fully saturated rings. The van der Waals surface area contributed by atoms with Crippen LogP contribution in [-0.4, -0.2) is 25.5 Å². The third kappa shape index (κ3) is 10.2. The van der Waals surface area contributed by atoms with Crippen molar-refractivity contribution in [3.8, 4) is 0 Å². The molecule has 0 aromatic carbocycles. The lowest BCUT2D eigenvalue weighted by Gasteiger charge is -2.20. The number of rotatable bonds is 4. The van der Waals surface area contributed by atoms with Gasteiger partial charge < -0.3 is 10.6 Å². The van der Waals surface area contributed by atoms with E-state index in [1.54, 1.807) is 0 Å². The van der Waals surface area contributed by atoms with Gasteiger partial charge in [0.05, 0.1) is 0 Å². The molecule has 0 aliphatic rings. The van der Waals surface area contributed by atoms with Gasteiger partial charge in [0, 0.05) is 25.0 Å². The molecule has 0 aliphatic carbocycles. The molecule has 3 nitrogen and oxygen atoms in total. The molecule has 0 aromatic heterocycles. The van der Waals surface area contributed by atoms with Gasteiger partial charge in [-0.3, -0.25) is 4.79 Å². The average Bonchev–Trinajstić information content (AvgIpc) is 1.99. The molecule has 1 amide bonds. The molecule has 0 spiro atoms. The minimum atomic E-state index is -0.288. The van der Waals surface area contributed by atoms with E-state index in [1.165, 1.54) is 0 Å². The third-order valence-corrected chi connectivity index (χ3v) is 1.92. The van der Waals surface area contributed by atoms with Crippen molar-refractivity contribution < 1.29 is 4.79 Å². The van der Waals surface area contributed by atoms with Crippen molar-refractivity contribution in [3.63, 3.8) is 0 Å². The average molecular weight is 251 g/mol. The van der Waals surface area contributed by atoms with Crippen LogP contribution in [0.4, 0.5) is 0 Å². The topological polar surface area (TPSA) is 41.1 Å². The number of carbonyl (C=O) groups is 1. The van der Waals surface area contributed by atoms with Crippen molar-refractivity contribution in [2.45, 2.75) is 41.5 Å². The summed E-state index contributed by atoms with van der Waals surface area (Å²) in [5, 5.41) is 6.22. The molecule has 0 aliphatic heterocycles. The van der Waals surface area contributed by atoms with Crippen molar-refractivity contribution in [3.05, 3.63) is 0 Å². The zero-order chi connectivity index (χ0) is 12.1. The van der Waals surface area contributed by atoms with Gasteiger partial charge in [-0.15, -0.1) is 12.4 Å². The summed E-state index contributed by atoms with van der Waals surface area (Å²) in [4.78, 5) is 11.5. The molecule has 16 heavy (non-hydrogen) atoms. The van der Waals surface area contributed by atoms with Crippen molar-refractivity contribution in [1.29, 1.82) is 0 Å². The molecule has 0 bridgehead atoms. The van der Waals surface area contributed by atoms with Gasteiger partial charge in [0.2, 0.25) is 5.91 Å². The molecule has 0 atom stereocenters. The van der Waals surface area contributed by atoms with Crippen LogP contribution in [0.25, 0.3) is 0 Å². The van der Waals surface area contributed by atoms with E-state index in [2.05, 4.69) is 31.4 Å². The number of halogens is 1. The first kappa shape index (κ1) is 18.1. The molecule has 0 saturated carbocycles. The van der Waals surface area contributed by atoms with E-state index in [9.17, 15) is 4.79 Å². The minimum Gasteiger partial charge on any atom is -0.354 e. The smallest absolute Gasteiger partial charge is 0.225 e. The summed E-state index contributed by atoms with van der Waals surface area (Å²) in [6.45, 7) is 14.8.